The van der Waals surface area contributed by atoms with E-state index in [0.717, 1.165) is 25.0 Å². The van der Waals surface area contributed by atoms with Gasteiger partial charge in [0.25, 0.3) is 0 Å². The molecule has 0 aromatic heterocycles. The summed E-state index contributed by atoms with van der Waals surface area (Å²) >= 11 is 0. The fourth-order valence-electron chi connectivity index (χ4n) is 2.27. The van der Waals surface area contributed by atoms with Crippen LogP contribution in [0.25, 0.3) is 10.8 Å². The van der Waals surface area contributed by atoms with Gasteiger partial charge in [0.15, 0.2) is 0 Å². The van der Waals surface area contributed by atoms with Gasteiger partial charge in [-0.15, -0.1) is 12.3 Å². The molecule has 0 heterocycles. The highest BCUT2D eigenvalue weighted by atomic mass is 16.5. The minimum atomic E-state index is 0.104. The Morgan fingerprint density at radius 1 is 1.32 bits per heavy atom. The average Bonchev–Trinajstić information content (AvgIpc) is 2.45. The summed E-state index contributed by atoms with van der Waals surface area (Å²) in [6.45, 7) is 0. The maximum atomic E-state index is 6.13. The van der Waals surface area contributed by atoms with Gasteiger partial charge in [0, 0.05) is 12.5 Å². The van der Waals surface area contributed by atoms with Crippen LogP contribution in [-0.2, 0) is 6.42 Å². The van der Waals surface area contributed by atoms with E-state index < -0.39 is 0 Å². The lowest BCUT2D eigenvalue weighted by molar-refractivity contribution is 0.415. The van der Waals surface area contributed by atoms with Crippen molar-refractivity contribution in [3.05, 3.63) is 42.0 Å². The van der Waals surface area contributed by atoms with Crippen molar-refractivity contribution in [2.45, 2.75) is 25.3 Å². The van der Waals surface area contributed by atoms with Gasteiger partial charge >= 0.3 is 0 Å². The lowest BCUT2D eigenvalue weighted by atomic mass is 9.97. The molecule has 0 spiro atoms. The number of terminal acetylenes is 1. The Morgan fingerprint density at radius 3 is 2.89 bits per heavy atom. The van der Waals surface area contributed by atoms with Crippen LogP contribution in [0, 0.1) is 12.3 Å². The second-order valence-electron chi connectivity index (χ2n) is 4.71. The van der Waals surface area contributed by atoms with Gasteiger partial charge in [-0.1, -0.05) is 24.3 Å². The molecule has 0 radical (unpaired) electrons. The number of rotatable bonds is 5. The molecule has 19 heavy (non-hydrogen) atoms. The van der Waals surface area contributed by atoms with Crippen LogP contribution in [0.3, 0.4) is 0 Å². The quantitative estimate of drug-likeness (QED) is 0.831. The second kappa shape index (κ2) is 6.26. The van der Waals surface area contributed by atoms with Crippen molar-refractivity contribution in [3.63, 3.8) is 0 Å². The predicted octanol–water partition coefficient (Wildman–Crippen LogP) is 3.13. The normalized spacial score (nSPS) is 12.1. The molecule has 2 heteroatoms. The van der Waals surface area contributed by atoms with Crippen LogP contribution in [-0.4, -0.2) is 13.2 Å². The summed E-state index contributed by atoms with van der Waals surface area (Å²) in [6, 6.07) is 12.5. The molecule has 0 amide bonds. The van der Waals surface area contributed by atoms with Crippen LogP contribution in [0.1, 0.15) is 18.4 Å². The Labute approximate surface area is 114 Å². The van der Waals surface area contributed by atoms with Crippen molar-refractivity contribution in [1.29, 1.82) is 0 Å². The largest absolute Gasteiger partial charge is 0.497 e. The maximum absolute atomic E-state index is 6.13. The van der Waals surface area contributed by atoms with Crippen LogP contribution in [0.4, 0.5) is 0 Å². The molecule has 2 nitrogen and oxygen atoms in total. The molecule has 0 saturated carbocycles. The Balaban J connectivity index is 2.29. The van der Waals surface area contributed by atoms with E-state index in [9.17, 15) is 0 Å². The first-order valence-corrected chi connectivity index (χ1v) is 6.49. The fraction of sp³-hybridized carbons (Fsp3) is 0.294. The molecule has 2 N–H and O–H groups in total. The van der Waals surface area contributed by atoms with Crippen molar-refractivity contribution in [1.82, 2.24) is 0 Å². The van der Waals surface area contributed by atoms with E-state index in [1.807, 2.05) is 6.07 Å². The average molecular weight is 253 g/mol. The maximum Gasteiger partial charge on any atom is 0.119 e. The molecular weight excluding hydrogens is 234 g/mol. The van der Waals surface area contributed by atoms with Crippen LogP contribution in [0.2, 0.25) is 0 Å². The molecule has 0 fully saturated rings. The van der Waals surface area contributed by atoms with Crippen molar-refractivity contribution >= 4 is 10.8 Å². The monoisotopic (exact) mass is 253 g/mol. The van der Waals surface area contributed by atoms with Crippen molar-refractivity contribution < 1.29 is 4.74 Å². The van der Waals surface area contributed by atoms with Crippen LogP contribution in [0.15, 0.2) is 36.4 Å². The first-order valence-electron chi connectivity index (χ1n) is 6.49. The van der Waals surface area contributed by atoms with Crippen LogP contribution >= 0.6 is 0 Å². The Bertz CT molecular complexity index is 598. The summed E-state index contributed by atoms with van der Waals surface area (Å²) in [4.78, 5) is 0. The third-order valence-corrected chi connectivity index (χ3v) is 3.32. The van der Waals surface area contributed by atoms with Gasteiger partial charge in [0.05, 0.1) is 7.11 Å². The summed E-state index contributed by atoms with van der Waals surface area (Å²) in [6.07, 6.45) is 7.71. The molecule has 0 bridgehead atoms. The number of benzene rings is 2. The van der Waals surface area contributed by atoms with Gasteiger partial charge in [-0.2, -0.15) is 0 Å². The van der Waals surface area contributed by atoms with E-state index in [0.29, 0.717) is 0 Å². The van der Waals surface area contributed by atoms with Gasteiger partial charge < -0.3 is 10.5 Å². The first-order chi connectivity index (χ1) is 9.24. The molecule has 1 unspecified atom stereocenters. The summed E-state index contributed by atoms with van der Waals surface area (Å²) in [7, 11) is 1.68. The van der Waals surface area contributed by atoms with Gasteiger partial charge in [0.1, 0.15) is 5.75 Å². The third kappa shape index (κ3) is 3.27. The molecule has 98 valence electrons. The van der Waals surface area contributed by atoms with Crippen molar-refractivity contribution in [2.75, 3.05) is 7.11 Å². The number of fused-ring (bicyclic) bond motifs is 1. The van der Waals surface area contributed by atoms with E-state index >= 15 is 0 Å². The molecule has 1 atom stereocenters. The van der Waals surface area contributed by atoms with E-state index in [1.165, 1.54) is 16.3 Å². The summed E-state index contributed by atoms with van der Waals surface area (Å²) < 4.78 is 5.29. The smallest absolute Gasteiger partial charge is 0.119 e. The SMILES string of the molecule is C#CCCC(N)Cc1cccc2ccc(OC)cc12. The first kappa shape index (κ1) is 13.5. The molecule has 2 aromatic rings. The number of ether oxygens (including phenoxy) is 1. The fourth-order valence-corrected chi connectivity index (χ4v) is 2.27. The molecular formula is C17H19NO. The number of nitrogens with two attached hydrogens (primary N) is 1. The summed E-state index contributed by atoms with van der Waals surface area (Å²) in [5.41, 5.74) is 7.38. The summed E-state index contributed by atoms with van der Waals surface area (Å²) in [5, 5.41) is 2.42. The zero-order chi connectivity index (χ0) is 13.7. The van der Waals surface area contributed by atoms with E-state index in [-0.39, 0.29) is 6.04 Å². The molecule has 0 aliphatic carbocycles. The molecule has 2 rings (SSSR count). The highest BCUT2D eigenvalue weighted by Crippen LogP contribution is 2.25. The molecule has 0 aliphatic rings. The minimum absolute atomic E-state index is 0.104. The van der Waals surface area contributed by atoms with Gasteiger partial charge in [-0.25, -0.2) is 0 Å². The Kier molecular flexibility index (Phi) is 4.43. The molecule has 0 aliphatic heterocycles. The Morgan fingerprint density at radius 2 is 2.16 bits per heavy atom. The van der Waals surface area contributed by atoms with E-state index in [1.54, 1.807) is 7.11 Å². The van der Waals surface area contributed by atoms with Crippen molar-refractivity contribution in [2.24, 2.45) is 5.73 Å². The topological polar surface area (TPSA) is 35.2 Å². The standard InChI is InChI=1S/C17H19NO/c1-3-4-8-15(18)11-14-7-5-6-13-9-10-16(19-2)12-17(13)14/h1,5-7,9-10,12,15H,4,8,11,18H2,2H3. The second-order valence-corrected chi connectivity index (χ2v) is 4.71. The zero-order valence-electron chi connectivity index (χ0n) is 11.2. The molecule has 0 saturated heterocycles. The van der Waals surface area contributed by atoms with E-state index in [4.69, 9.17) is 16.9 Å². The molecule has 2 aromatic carbocycles. The van der Waals surface area contributed by atoms with Crippen LogP contribution < -0.4 is 10.5 Å². The predicted molar refractivity (Wildman–Crippen MR) is 80.2 cm³/mol. The zero-order valence-corrected chi connectivity index (χ0v) is 11.2. The minimum Gasteiger partial charge on any atom is -0.497 e. The highest BCUT2D eigenvalue weighted by molar-refractivity contribution is 5.87. The van der Waals surface area contributed by atoms with Crippen LogP contribution in [0.5, 0.6) is 5.75 Å². The third-order valence-electron chi connectivity index (χ3n) is 3.32. The lowest BCUT2D eigenvalue weighted by Crippen LogP contribution is -2.22. The Hall–Kier alpha value is -1.98. The number of methoxy groups -OCH3 is 1. The highest BCUT2D eigenvalue weighted by Gasteiger charge is 2.07. The van der Waals surface area contributed by atoms with Gasteiger partial charge in [-0.05, 0) is 41.3 Å². The van der Waals surface area contributed by atoms with Gasteiger partial charge in [-0.3, -0.25) is 0 Å². The summed E-state index contributed by atoms with van der Waals surface area (Å²) in [5.74, 6) is 3.51. The number of hydrogen-bond acceptors (Lipinski definition) is 2. The number of hydrogen-bond donors (Lipinski definition) is 1. The van der Waals surface area contributed by atoms with E-state index in [2.05, 4.69) is 36.3 Å². The van der Waals surface area contributed by atoms with Crippen molar-refractivity contribution in [3.8, 4) is 18.1 Å². The lowest BCUT2D eigenvalue weighted by Gasteiger charge is -2.13. The van der Waals surface area contributed by atoms with Gasteiger partial charge in [0.2, 0.25) is 0 Å².